The van der Waals surface area contributed by atoms with Gasteiger partial charge in [0.2, 0.25) is 0 Å². The van der Waals surface area contributed by atoms with Crippen molar-refractivity contribution in [3.63, 3.8) is 0 Å². The Kier molecular flexibility index (Phi) is 3.89. The molecule has 0 amide bonds. The predicted molar refractivity (Wildman–Crippen MR) is 78.0 cm³/mol. The Labute approximate surface area is 113 Å². The molecule has 0 spiro atoms. The normalized spacial score (nSPS) is 16.5. The monoisotopic (exact) mass is 268 g/mol. The van der Waals surface area contributed by atoms with Crippen molar-refractivity contribution >= 4 is 34.6 Å². The van der Waals surface area contributed by atoms with Crippen LogP contribution in [0, 0.1) is 6.92 Å². The Morgan fingerprint density at radius 2 is 2.12 bits per heavy atom. The van der Waals surface area contributed by atoms with E-state index in [0.29, 0.717) is 0 Å². The average Bonchev–Trinajstić information content (AvgIpc) is 2.30. The zero-order chi connectivity index (χ0) is 12.4. The van der Waals surface area contributed by atoms with Gasteiger partial charge >= 0.3 is 0 Å². The van der Waals surface area contributed by atoms with Crippen LogP contribution in [-0.2, 0) is 0 Å². The molecular formula is C13H17ClN2S. The molecule has 0 radical (unpaired) electrons. The third-order valence-corrected chi connectivity index (χ3v) is 3.86. The van der Waals surface area contributed by atoms with Gasteiger partial charge in [0.05, 0.1) is 0 Å². The Morgan fingerprint density at radius 1 is 1.35 bits per heavy atom. The number of halogens is 1. The molecule has 1 fully saturated rings. The summed E-state index contributed by atoms with van der Waals surface area (Å²) < 4.78 is 0. The number of benzene rings is 1. The zero-order valence-corrected chi connectivity index (χ0v) is 11.8. The molecule has 4 heteroatoms. The quantitative estimate of drug-likeness (QED) is 0.759. The first-order valence-corrected chi connectivity index (χ1v) is 6.74. The molecule has 2 nitrogen and oxygen atoms in total. The van der Waals surface area contributed by atoms with Gasteiger partial charge in [-0.2, -0.15) is 0 Å². The molecule has 1 saturated heterocycles. The number of anilines is 1. The van der Waals surface area contributed by atoms with E-state index in [1.807, 2.05) is 12.1 Å². The summed E-state index contributed by atoms with van der Waals surface area (Å²) in [7, 11) is 0. The number of hydrogen-bond donors (Lipinski definition) is 0. The highest BCUT2D eigenvalue weighted by molar-refractivity contribution is 7.80. The lowest BCUT2D eigenvalue weighted by Gasteiger charge is -2.38. The Hall–Kier alpha value is -0.800. The van der Waals surface area contributed by atoms with Gasteiger partial charge < -0.3 is 9.80 Å². The van der Waals surface area contributed by atoms with Crippen molar-refractivity contribution in [2.75, 3.05) is 24.5 Å². The smallest absolute Gasteiger partial charge is 0.176 e. The predicted octanol–water partition coefficient (Wildman–Crippen LogP) is 3.47. The van der Waals surface area contributed by atoms with Crippen LogP contribution in [0.3, 0.4) is 0 Å². The maximum atomic E-state index is 5.99. The second kappa shape index (κ2) is 5.23. The molecule has 1 heterocycles. The Balaban J connectivity index is 2.29. The second-order valence-electron chi connectivity index (χ2n) is 4.30. The lowest BCUT2D eigenvalue weighted by Crippen LogP contribution is -2.49. The van der Waals surface area contributed by atoms with Gasteiger partial charge in [0.1, 0.15) is 0 Å². The summed E-state index contributed by atoms with van der Waals surface area (Å²) in [5.41, 5.74) is 2.36. The molecule has 0 bridgehead atoms. The minimum absolute atomic E-state index is 0.779. The van der Waals surface area contributed by atoms with Gasteiger partial charge in [-0.3, -0.25) is 0 Å². The molecule has 92 valence electrons. The molecule has 0 N–H and O–H groups in total. The zero-order valence-electron chi connectivity index (χ0n) is 10.2. The van der Waals surface area contributed by atoms with E-state index in [1.54, 1.807) is 0 Å². The number of aryl methyl sites for hydroxylation is 1. The molecule has 17 heavy (non-hydrogen) atoms. The first kappa shape index (κ1) is 12.7. The van der Waals surface area contributed by atoms with E-state index in [9.17, 15) is 0 Å². The highest BCUT2D eigenvalue weighted by Crippen LogP contribution is 2.26. The molecule has 0 aromatic heterocycles. The van der Waals surface area contributed by atoms with Crippen molar-refractivity contribution in [2.45, 2.75) is 20.3 Å². The van der Waals surface area contributed by atoms with Gasteiger partial charge in [0.15, 0.2) is 5.11 Å². The molecule has 1 aliphatic rings. The van der Waals surface area contributed by atoms with E-state index in [-0.39, 0.29) is 0 Å². The maximum Gasteiger partial charge on any atom is 0.176 e. The molecule has 0 atom stereocenters. The lowest BCUT2D eigenvalue weighted by molar-refractivity contribution is 0.408. The summed E-state index contributed by atoms with van der Waals surface area (Å²) in [4.78, 5) is 4.46. The van der Waals surface area contributed by atoms with Crippen molar-refractivity contribution in [1.29, 1.82) is 0 Å². The minimum Gasteiger partial charge on any atom is -0.349 e. The molecule has 0 unspecified atom stereocenters. The van der Waals surface area contributed by atoms with E-state index in [1.165, 1.54) is 11.3 Å². The molecule has 0 aliphatic carbocycles. The van der Waals surface area contributed by atoms with Crippen molar-refractivity contribution < 1.29 is 0 Å². The highest BCUT2D eigenvalue weighted by Gasteiger charge is 2.22. The van der Waals surface area contributed by atoms with Gasteiger partial charge in [-0.1, -0.05) is 11.6 Å². The first-order chi connectivity index (χ1) is 8.13. The van der Waals surface area contributed by atoms with Gasteiger partial charge in [0.25, 0.3) is 0 Å². The van der Waals surface area contributed by atoms with E-state index in [0.717, 1.165) is 36.2 Å². The van der Waals surface area contributed by atoms with Gasteiger partial charge in [-0.15, -0.1) is 0 Å². The molecule has 2 rings (SSSR count). The van der Waals surface area contributed by atoms with Crippen LogP contribution in [0.25, 0.3) is 0 Å². The summed E-state index contributed by atoms with van der Waals surface area (Å²) in [6.45, 7) is 7.26. The van der Waals surface area contributed by atoms with Crippen LogP contribution in [0.4, 0.5) is 5.69 Å². The summed E-state index contributed by atoms with van der Waals surface area (Å²) in [5.74, 6) is 0. The van der Waals surface area contributed by atoms with E-state index >= 15 is 0 Å². The summed E-state index contributed by atoms with van der Waals surface area (Å²) in [6.07, 6.45) is 1.15. The minimum atomic E-state index is 0.779. The van der Waals surface area contributed by atoms with Crippen molar-refractivity contribution in [3.05, 3.63) is 28.8 Å². The van der Waals surface area contributed by atoms with Crippen LogP contribution in [0.2, 0.25) is 5.02 Å². The topological polar surface area (TPSA) is 6.48 Å². The Morgan fingerprint density at radius 3 is 2.76 bits per heavy atom. The highest BCUT2D eigenvalue weighted by atomic mass is 35.5. The van der Waals surface area contributed by atoms with E-state index in [4.69, 9.17) is 23.8 Å². The van der Waals surface area contributed by atoms with Crippen LogP contribution < -0.4 is 4.90 Å². The third kappa shape index (κ3) is 2.55. The summed E-state index contributed by atoms with van der Waals surface area (Å²) in [5, 5.41) is 1.71. The van der Waals surface area contributed by atoms with Gasteiger partial charge in [-0.05, 0) is 56.2 Å². The lowest BCUT2D eigenvalue weighted by atomic mass is 10.1. The fourth-order valence-electron chi connectivity index (χ4n) is 2.22. The van der Waals surface area contributed by atoms with Crippen LogP contribution >= 0.6 is 23.8 Å². The fourth-order valence-corrected chi connectivity index (χ4v) is 2.86. The van der Waals surface area contributed by atoms with Crippen LogP contribution in [0.1, 0.15) is 18.9 Å². The SMILES string of the molecule is CCN1CCCN(c2ccc(Cl)cc2C)C1=S. The number of nitrogens with zero attached hydrogens (tertiary/aromatic N) is 2. The standard InChI is InChI=1S/C13H17ClN2S/c1-3-15-7-4-8-16(13(15)17)12-6-5-11(14)9-10(12)2/h5-6,9H,3-4,7-8H2,1-2H3. The number of rotatable bonds is 2. The second-order valence-corrected chi connectivity index (χ2v) is 5.10. The number of hydrogen-bond acceptors (Lipinski definition) is 1. The van der Waals surface area contributed by atoms with Crippen molar-refractivity contribution in [1.82, 2.24) is 4.90 Å². The number of thiocarbonyl (C=S) groups is 1. The summed E-state index contributed by atoms with van der Waals surface area (Å²) >= 11 is 11.5. The molecule has 1 aliphatic heterocycles. The fraction of sp³-hybridized carbons (Fsp3) is 0.462. The van der Waals surface area contributed by atoms with Crippen LogP contribution in [-0.4, -0.2) is 29.6 Å². The largest absolute Gasteiger partial charge is 0.349 e. The first-order valence-electron chi connectivity index (χ1n) is 5.96. The van der Waals surface area contributed by atoms with Crippen LogP contribution in [0.15, 0.2) is 18.2 Å². The molecule has 0 saturated carbocycles. The molecule has 1 aromatic carbocycles. The molecular weight excluding hydrogens is 252 g/mol. The van der Waals surface area contributed by atoms with E-state index in [2.05, 4.69) is 29.7 Å². The van der Waals surface area contributed by atoms with E-state index < -0.39 is 0 Å². The summed E-state index contributed by atoms with van der Waals surface area (Å²) in [6, 6.07) is 5.98. The van der Waals surface area contributed by atoms with Crippen molar-refractivity contribution in [2.24, 2.45) is 0 Å². The van der Waals surface area contributed by atoms with Gasteiger partial charge in [0, 0.05) is 30.3 Å². The van der Waals surface area contributed by atoms with Gasteiger partial charge in [-0.25, -0.2) is 0 Å². The maximum absolute atomic E-state index is 5.99. The molecule has 1 aromatic rings. The Bertz CT molecular complexity index is 433. The average molecular weight is 269 g/mol. The van der Waals surface area contributed by atoms with Crippen LogP contribution in [0.5, 0.6) is 0 Å². The van der Waals surface area contributed by atoms with Crippen molar-refractivity contribution in [3.8, 4) is 0 Å². The third-order valence-electron chi connectivity index (χ3n) is 3.14.